The highest BCUT2D eigenvalue weighted by atomic mass is 16.2. The van der Waals surface area contributed by atoms with E-state index in [2.05, 4.69) is 28.6 Å². The molecule has 152 valence electrons. The van der Waals surface area contributed by atoms with Crippen molar-refractivity contribution in [3.63, 3.8) is 0 Å². The largest absolute Gasteiger partial charge is 0.402 e. The first kappa shape index (κ1) is 19.0. The minimum absolute atomic E-state index is 0.136. The summed E-state index contributed by atoms with van der Waals surface area (Å²) in [6, 6.07) is 6.22. The van der Waals surface area contributed by atoms with Gasteiger partial charge in [0.1, 0.15) is 5.84 Å². The van der Waals surface area contributed by atoms with Crippen molar-refractivity contribution in [1.29, 1.82) is 5.41 Å². The SMILES string of the molecule is CNC(=O)N1CCC(N)=C(C(=N)N2CCCc3cc(-c4cnn(C)c4)ccc32)C1. The van der Waals surface area contributed by atoms with Crippen molar-refractivity contribution in [2.75, 3.05) is 31.6 Å². The Morgan fingerprint density at radius 2 is 2.07 bits per heavy atom. The van der Waals surface area contributed by atoms with Gasteiger partial charge in [0, 0.05) is 62.3 Å². The first-order chi connectivity index (χ1) is 14.0. The predicted molar refractivity (Wildman–Crippen MR) is 114 cm³/mol. The molecule has 4 N–H and O–H groups in total. The lowest BCUT2D eigenvalue weighted by Gasteiger charge is -2.36. The molecule has 1 aromatic heterocycles. The third kappa shape index (κ3) is 3.57. The highest BCUT2D eigenvalue weighted by Crippen LogP contribution is 2.33. The normalized spacial score (nSPS) is 16.6. The fraction of sp³-hybridized carbons (Fsp3) is 0.381. The van der Waals surface area contributed by atoms with Crippen molar-refractivity contribution in [3.8, 4) is 11.1 Å². The number of benzene rings is 1. The van der Waals surface area contributed by atoms with Gasteiger partial charge in [-0.3, -0.25) is 10.1 Å². The second-order valence-electron chi connectivity index (χ2n) is 7.58. The van der Waals surface area contributed by atoms with Gasteiger partial charge in [-0.2, -0.15) is 5.10 Å². The molecule has 8 nitrogen and oxygen atoms in total. The zero-order valence-electron chi connectivity index (χ0n) is 16.9. The van der Waals surface area contributed by atoms with Gasteiger partial charge in [0.05, 0.1) is 12.7 Å². The standard InChI is InChI=1S/C21H27N7O/c1-24-21(29)27-9-7-18(22)17(13-27)20(23)28-8-3-4-15-10-14(5-6-19(15)28)16-11-25-26(2)12-16/h5-6,10-12,23H,3-4,7-9,13,22H2,1-2H3,(H,24,29). The lowest BCUT2D eigenvalue weighted by atomic mass is 9.95. The average molecular weight is 393 g/mol. The topological polar surface area (TPSA) is 103 Å². The number of nitrogens with two attached hydrogens (primary N) is 1. The molecular formula is C21H27N7O. The van der Waals surface area contributed by atoms with E-state index in [1.165, 1.54) is 5.56 Å². The molecule has 2 aliphatic heterocycles. The lowest BCUT2D eigenvalue weighted by Crippen LogP contribution is -2.47. The molecule has 0 radical (unpaired) electrons. The Morgan fingerprint density at radius 3 is 2.79 bits per heavy atom. The van der Waals surface area contributed by atoms with Crippen LogP contribution in [0.4, 0.5) is 10.5 Å². The van der Waals surface area contributed by atoms with Gasteiger partial charge in [0.15, 0.2) is 0 Å². The number of aromatic nitrogens is 2. The Labute approximate surface area is 170 Å². The van der Waals surface area contributed by atoms with Crippen LogP contribution in [0.2, 0.25) is 0 Å². The number of amidine groups is 1. The number of carbonyl (C=O) groups is 1. The summed E-state index contributed by atoms with van der Waals surface area (Å²) in [6.07, 6.45) is 6.41. The molecule has 2 aliphatic rings. The smallest absolute Gasteiger partial charge is 0.317 e. The Hall–Kier alpha value is -3.29. The van der Waals surface area contributed by atoms with Crippen LogP contribution >= 0.6 is 0 Å². The summed E-state index contributed by atoms with van der Waals surface area (Å²) in [5, 5.41) is 15.8. The van der Waals surface area contributed by atoms with E-state index in [4.69, 9.17) is 11.1 Å². The Morgan fingerprint density at radius 1 is 1.24 bits per heavy atom. The minimum atomic E-state index is -0.136. The molecule has 0 unspecified atom stereocenters. The second kappa shape index (κ2) is 7.62. The monoisotopic (exact) mass is 393 g/mol. The third-order valence-corrected chi connectivity index (χ3v) is 5.68. The van der Waals surface area contributed by atoms with Gasteiger partial charge in [-0.15, -0.1) is 0 Å². The van der Waals surface area contributed by atoms with E-state index in [0.29, 0.717) is 31.0 Å². The highest BCUT2D eigenvalue weighted by Gasteiger charge is 2.28. The molecule has 8 heteroatoms. The van der Waals surface area contributed by atoms with Crippen molar-refractivity contribution in [2.45, 2.75) is 19.3 Å². The predicted octanol–water partition coefficient (Wildman–Crippen LogP) is 2.07. The molecule has 0 atom stereocenters. The fourth-order valence-corrected chi connectivity index (χ4v) is 4.08. The zero-order valence-corrected chi connectivity index (χ0v) is 16.9. The molecule has 3 heterocycles. The Balaban J connectivity index is 1.62. The number of rotatable bonds is 2. The summed E-state index contributed by atoms with van der Waals surface area (Å²) in [4.78, 5) is 15.8. The third-order valence-electron chi connectivity index (χ3n) is 5.68. The molecule has 4 rings (SSSR count). The summed E-state index contributed by atoms with van der Waals surface area (Å²) in [6.45, 7) is 1.71. The van der Waals surface area contributed by atoms with E-state index in [9.17, 15) is 4.79 Å². The van der Waals surface area contributed by atoms with Crippen LogP contribution in [-0.4, -0.2) is 53.2 Å². The van der Waals surface area contributed by atoms with Crippen LogP contribution < -0.4 is 16.0 Å². The van der Waals surface area contributed by atoms with Crippen molar-refractivity contribution in [2.24, 2.45) is 12.8 Å². The minimum Gasteiger partial charge on any atom is -0.402 e. The molecule has 0 bridgehead atoms. The summed E-state index contributed by atoms with van der Waals surface area (Å²) >= 11 is 0. The molecule has 0 fully saturated rings. The molecule has 0 saturated carbocycles. The number of urea groups is 1. The number of amides is 2. The first-order valence-corrected chi connectivity index (χ1v) is 9.90. The number of anilines is 1. The second-order valence-corrected chi connectivity index (χ2v) is 7.58. The number of nitrogens with zero attached hydrogens (tertiary/aromatic N) is 4. The molecular weight excluding hydrogens is 366 g/mol. The average Bonchev–Trinajstić information content (AvgIpc) is 3.18. The van der Waals surface area contributed by atoms with Crippen LogP contribution in [0.1, 0.15) is 18.4 Å². The maximum atomic E-state index is 12.1. The Kier molecular flexibility index (Phi) is 5.00. The van der Waals surface area contributed by atoms with E-state index in [1.54, 1.807) is 16.6 Å². The summed E-state index contributed by atoms with van der Waals surface area (Å²) in [5.41, 5.74) is 12.2. The number of fused-ring (bicyclic) bond motifs is 1. The van der Waals surface area contributed by atoms with E-state index in [-0.39, 0.29) is 6.03 Å². The number of carbonyl (C=O) groups excluding carboxylic acids is 1. The van der Waals surface area contributed by atoms with Crippen molar-refractivity contribution in [3.05, 3.63) is 47.4 Å². The van der Waals surface area contributed by atoms with E-state index < -0.39 is 0 Å². The first-order valence-electron chi connectivity index (χ1n) is 9.90. The maximum Gasteiger partial charge on any atom is 0.317 e. The maximum absolute atomic E-state index is 12.1. The number of aryl methyl sites for hydroxylation is 2. The van der Waals surface area contributed by atoms with Gasteiger partial charge in [0.25, 0.3) is 0 Å². The van der Waals surface area contributed by atoms with Gasteiger partial charge in [-0.05, 0) is 36.1 Å². The van der Waals surface area contributed by atoms with Crippen molar-refractivity contribution in [1.82, 2.24) is 20.0 Å². The fourth-order valence-electron chi connectivity index (χ4n) is 4.08. The van der Waals surface area contributed by atoms with Crippen LogP contribution in [0.5, 0.6) is 0 Å². The molecule has 29 heavy (non-hydrogen) atoms. The Bertz CT molecular complexity index is 991. The molecule has 1 aromatic carbocycles. The van der Waals surface area contributed by atoms with E-state index in [1.807, 2.05) is 24.3 Å². The zero-order chi connectivity index (χ0) is 20.5. The number of nitrogens with one attached hydrogen (secondary N) is 2. The van der Waals surface area contributed by atoms with Crippen molar-refractivity contribution >= 4 is 17.6 Å². The summed E-state index contributed by atoms with van der Waals surface area (Å²) < 4.78 is 1.80. The van der Waals surface area contributed by atoms with Gasteiger partial charge in [-0.25, -0.2) is 4.79 Å². The summed E-state index contributed by atoms with van der Waals surface area (Å²) in [5.74, 6) is 0.395. The van der Waals surface area contributed by atoms with Gasteiger partial charge in [0.2, 0.25) is 0 Å². The molecule has 0 spiro atoms. The quantitative estimate of drug-likeness (QED) is 0.537. The highest BCUT2D eigenvalue weighted by molar-refractivity contribution is 6.09. The molecule has 2 amide bonds. The molecule has 0 aliphatic carbocycles. The number of hydrogen-bond donors (Lipinski definition) is 3. The van der Waals surface area contributed by atoms with Crippen LogP contribution in [0.15, 0.2) is 41.9 Å². The number of hydrogen-bond acceptors (Lipinski definition) is 4. The lowest BCUT2D eigenvalue weighted by molar-refractivity contribution is 0.203. The van der Waals surface area contributed by atoms with Gasteiger partial charge in [-0.1, -0.05) is 6.07 Å². The summed E-state index contributed by atoms with van der Waals surface area (Å²) in [7, 11) is 3.53. The van der Waals surface area contributed by atoms with Crippen LogP contribution in [-0.2, 0) is 13.5 Å². The van der Waals surface area contributed by atoms with Crippen molar-refractivity contribution < 1.29 is 4.79 Å². The van der Waals surface area contributed by atoms with Crippen LogP contribution in [0.3, 0.4) is 0 Å². The van der Waals surface area contributed by atoms with Gasteiger partial charge < -0.3 is 20.9 Å². The van der Waals surface area contributed by atoms with Gasteiger partial charge >= 0.3 is 6.03 Å². The van der Waals surface area contributed by atoms with E-state index in [0.717, 1.165) is 41.8 Å². The van der Waals surface area contributed by atoms with E-state index >= 15 is 0 Å². The molecule has 2 aromatic rings. The van der Waals surface area contributed by atoms with Crippen LogP contribution in [0.25, 0.3) is 11.1 Å². The van der Waals surface area contributed by atoms with Crippen LogP contribution in [0, 0.1) is 5.41 Å². The molecule has 0 saturated heterocycles.